The fraction of sp³-hybridized carbons (Fsp3) is 0.222. The molecule has 57 valence electrons. The van der Waals surface area contributed by atoms with E-state index in [4.69, 9.17) is 0 Å². The normalized spacial score (nSPS) is 10.7. The van der Waals surface area contributed by atoms with E-state index < -0.39 is 0 Å². The summed E-state index contributed by atoms with van der Waals surface area (Å²) in [5.74, 6) is 0. The first-order chi connectivity index (χ1) is 5.25. The van der Waals surface area contributed by atoms with E-state index >= 15 is 0 Å². The van der Waals surface area contributed by atoms with E-state index in [0.717, 1.165) is 5.56 Å². The predicted molar refractivity (Wildman–Crippen MR) is 50.1 cm³/mol. The summed E-state index contributed by atoms with van der Waals surface area (Å²) in [5, 5.41) is 0. The molecule has 0 aliphatic carbocycles. The number of aliphatic imine (C=N–C) groups is 1. The van der Waals surface area contributed by atoms with Crippen LogP contribution >= 0.6 is 0 Å². The number of hydrogen-bond donors (Lipinski definition) is 0. The van der Waals surface area contributed by atoms with Crippen LogP contribution in [-0.2, 0) is 0 Å². The van der Waals surface area contributed by atoms with Gasteiger partial charge >= 0.3 is 75.0 Å². The summed E-state index contributed by atoms with van der Waals surface area (Å²) >= 11 is 3.03. The molecule has 1 nitrogen and oxygen atoms in total. The molecule has 0 amide bonds. The number of hydrogen-bond acceptors (Lipinski definition) is 1. The fourth-order valence-corrected chi connectivity index (χ4v) is 1.31. The van der Waals surface area contributed by atoms with Gasteiger partial charge < -0.3 is 0 Å². The molecule has 0 aliphatic heterocycles. The molecule has 0 unspecified atom stereocenters. The zero-order chi connectivity index (χ0) is 8.27. The van der Waals surface area contributed by atoms with E-state index in [-0.39, 0.29) is 0 Å². The molecule has 0 atom stereocenters. The molecule has 1 radical (unpaired) electrons. The van der Waals surface area contributed by atoms with Crippen LogP contribution in [0.5, 0.6) is 0 Å². The van der Waals surface area contributed by atoms with Crippen molar-refractivity contribution in [2.75, 3.05) is 7.05 Å². The van der Waals surface area contributed by atoms with Crippen molar-refractivity contribution < 1.29 is 0 Å². The van der Waals surface area contributed by atoms with Gasteiger partial charge in [-0.25, -0.2) is 0 Å². The van der Waals surface area contributed by atoms with Crippen molar-refractivity contribution in [1.82, 2.24) is 0 Å². The van der Waals surface area contributed by atoms with Crippen molar-refractivity contribution in [2.24, 2.45) is 4.99 Å². The second kappa shape index (κ2) is 3.70. The summed E-state index contributed by atoms with van der Waals surface area (Å²) in [7, 11) is 1.78. The monoisotopic (exact) mass is 212 g/mol. The van der Waals surface area contributed by atoms with Gasteiger partial charge in [0.1, 0.15) is 0 Å². The van der Waals surface area contributed by atoms with Gasteiger partial charge in [-0.2, -0.15) is 0 Å². The molecule has 0 aromatic heterocycles. The van der Waals surface area contributed by atoms with Crippen molar-refractivity contribution in [1.29, 1.82) is 0 Å². The fourth-order valence-electron chi connectivity index (χ4n) is 0.916. The number of rotatable bonds is 1. The molecule has 1 rings (SSSR count). The van der Waals surface area contributed by atoms with Crippen LogP contribution in [-0.4, -0.2) is 29.3 Å². The Balaban J connectivity index is 3.16. The first-order valence-electron chi connectivity index (χ1n) is 3.44. The molecule has 0 saturated carbocycles. The Labute approximate surface area is 75.4 Å². The third-order valence-corrected chi connectivity index (χ3v) is 2.68. The molecular formula is C9H10NSe. The number of nitrogens with zero attached hydrogens (tertiary/aromatic N) is 1. The molecule has 1 aromatic rings. The van der Waals surface area contributed by atoms with E-state index in [9.17, 15) is 0 Å². The molecule has 0 saturated heterocycles. The minimum atomic E-state index is 1.16. The third kappa shape index (κ3) is 1.92. The molecule has 2 heteroatoms. The van der Waals surface area contributed by atoms with Crippen LogP contribution in [0.2, 0.25) is 0 Å². The Hall–Kier alpha value is -0.591. The first kappa shape index (κ1) is 8.51. The van der Waals surface area contributed by atoms with E-state index in [2.05, 4.69) is 34.0 Å². The van der Waals surface area contributed by atoms with Crippen LogP contribution in [0, 0.1) is 6.92 Å². The molecule has 0 spiro atoms. The van der Waals surface area contributed by atoms with Crippen LogP contribution < -0.4 is 4.46 Å². The maximum atomic E-state index is 3.96. The Morgan fingerprint density at radius 2 is 2.18 bits per heavy atom. The summed E-state index contributed by atoms with van der Waals surface area (Å²) in [6.45, 7) is 2.08. The third-order valence-electron chi connectivity index (χ3n) is 1.51. The quantitative estimate of drug-likeness (QED) is 0.482. The SMILES string of the molecule is CN=Cc1cccc(C)c1[Se]. The van der Waals surface area contributed by atoms with E-state index in [1.54, 1.807) is 7.05 Å². The Kier molecular flexibility index (Phi) is 2.86. The van der Waals surface area contributed by atoms with Gasteiger partial charge in [-0.15, -0.1) is 0 Å². The van der Waals surface area contributed by atoms with Gasteiger partial charge in [0.25, 0.3) is 0 Å². The van der Waals surface area contributed by atoms with Gasteiger partial charge in [-0.05, 0) is 0 Å². The van der Waals surface area contributed by atoms with Crippen molar-refractivity contribution in [3.63, 3.8) is 0 Å². The van der Waals surface area contributed by atoms with Crippen LogP contribution in [0.4, 0.5) is 0 Å². The zero-order valence-corrected chi connectivity index (χ0v) is 8.38. The average molecular weight is 211 g/mol. The molecular weight excluding hydrogens is 201 g/mol. The molecule has 0 fully saturated rings. The summed E-state index contributed by atoms with van der Waals surface area (Å²) < 4.78 is 1.19. The van der Waals surface area contributed by atoms with Gasteiger partial charge in [0.15, 0.2) is 0 Å². The molecule has 11 heavy (non-hydrogen) atoms. The second-order valence-corrected chi connectivity index (χ2v) is 3.24. The average Bonchev–Trinajstić information content (AvgIpc) is 1.99. The standard InChI is InChI=1S/C9H10NSe/c1-7-4-3-5-8(6-10-2)9(7)11/h3-6H,1-2H3. The van der Waals surface area contributed by atoms with E-state index in [1.165, 1.54) is 10.0 Å². The minimum absolute atomic E-state index is 1.16. The van der Waals surface area contributed by atoms with Crippen molar-refractivity contribution >= 4 is 26.7 Å². The van der Waals surface area contributed by atoms with Crippen LogP contribution in [0.25, 0.3) is 0 Å². The van der Waals surface area contributed by atoms with Gasteiger partial charge in [-0.1, -0.05) is 0 Å². The van der Waals surface area contributed by atoms with Gasteiger partial charge in [0.05, 0.1) is 0 Å². The zero-order valence-electron chi connectivity index (χ0n) is 6.66. The van der Waals surface area contributed by atoms with Gasteiger partial charge in [-0.3, -0.25) is 0 Å². The van der Waals surface area contributed by atoms with E-state index in [1.807, 2.05) is 18.3 Å². The predicted octanol–water partition coefficient (Wildman–Crippen LogP) is 0.838. The summed E-state index contributed by atoms with van der Waals surface area (Å²) in [6.07, 6.45) is 1.86. The summed E-state index contributed by atoms with van der Waals surface area (Å²) in [4.78, 5) is 3.96. The van der Waals surface area contributed by atoms with Crippen LogP contribution in [0.15, 0.2) is 23.2 Å². The maximum absolute atomic E-state index is 3.96. The van der Waals surface area contributed by atoms with Crippen molar-refractivity contribution in [3.05, 3.63) is 29.3 Å². The molecule has 0 aliphatic rings. The summed E-state index contributed by atoms with van der Waals surface area (Å²) in [6, 6.07) is 6.16. The Morgan fingerprint density at radius 3 is 2.82 bits per heavy atom. The van der Waals surface area contributed by atoms with Gasteiger partial charge in [0, 0.05) is 0 Å². The second-order valence-electron chi connectivity index (χ2n) is 2.38. The Bertz CT molecular complexity index is 279. The number of benzene rings is 1. The topological polar surface area (TPSA) is 12.4 Å². The first-order valence-corrected chi connectivity index (χ1v) is 4.30. The Morgan fingerprint density at radius 1 is 1.45 bits per heavy atom. The van der Waals surface area contributed by atoms with Crippen LogP contribution in [0.3, 0.4) is 0 Å². The van der Waals surface area contributed by atoms with Crippen LogP contribution in [0.1, 0.15) is 11.1 Å². The van der Waals surface area contributed by atoms with Crippen molar-refractivity contribution in [3.8, 4) is 0 Å². The van der Waals surface area contributed by atoms with E-state index in [0.29, 0.717) is 0 Å². The van der Waals surface area contributed by atoms with Gasteiger partial charge in [0.2, 0.25) is 0 Å². The molecule has 0 N–H and O–H groups in total. The number of aryl methyl sites for hydroxylation is 1. The molecule has 0 bridgehead atoms. The molecule has 0 heterocycles. The summed E-state index contributed by atoms with van der Waals surface area (Å²) in [5.41, 5.74) is 2.43. The van der Waals surface area contributed by atoms with Crippen molar-refractivity contribution in [2.45, 2.75) is 6.92 Å². The molecule has 1 aromatic carbocycles.